The van der Waals surface area contributed by atoms with Crippen LogP contribution in [-0.2, 0) is 17.9 Å². The van der Waals surface area contributed by atoms with E-state index >= 15 is 0 Å². The molecule has 0 radical (unpaired) electrons. The van der Waals surface area contributed by atoms with E-state index in [1.165, 1.54) is 11.8 Å². The summed E-state index contributed by atoms with van der Waals surface area (Å²) in [7, 11) is 0. The lowest BCUT2D eigenvalue weighted by molar-refractivity contribution is -0.113. The van der Waals surface area contributed by atoms with Gasteiger partial charge in [0.05, 0.1) is 17.9 Å². The molecule has 0 fully saturated rings. The Labute approximate surface area is 203 Å². The molecule has 32 heavy (non-hydrogen) atoms. The maximum absolute atomic E-state index is 12.5. The molecule has 0 aliphatic rings. The molecule has 0 aliphatic heterocycles. The van der Waals surface area contributed by atoms with Crippen LogP contribution < -0.4 is 10.6 Å². The van der Waals surface area contributed by atoms with Crippen LogP contribution in [0.25, 0.3) is 0 Å². The third-order valence-electron chi connectivity index (χ3n) is 4.50. The van der Waals surface area contributed by atoms with Gasteiger partial charge in [-0.1, -0.05) is 47.6 Å². The first-order chi connectivity index (χ1) is 15.4. The van der Waals surface area contributed by atoms with Crippen LogP contribution in [0.5, 0.6) is 0 Å². The zero-order chi connectivity index (χ0) is 23.1. The first-order valence-electron chi connectivity index (χ1n) is 9.64. The van der Waals surface area contributed by atoms with Crippen LogP contribution >= 0.6 is 39.3 Å². The second kappa shape index (κ2) is 11.3. The van der Waals surface area contributed by atoms with Gasteiger partial charge in [0, 0.05) is 21.7 Å². The summed E-state index contributed by atoms with van der Waals surface area (Å²) < 4.78 is 2.53. The van der Waals surface area contributed by atoms with Gasteiger partial charge in [0.1, 0.15) is 0 Å². The minimum absolute atomic E-state index is 0.143. The quantitative estimate of drug-likeness (QED) is 0.303. The molecule has 0 saturated carbocycles. The highest BCUT2D eigenvalue weighted by Crippen LogP contribution is 2.24. The molecule has 7 nitrogen and oxygen atoms in total. The fourth-order valence-electron chi connectivity index (χ4n) is 2.83. The van der Waals surface area contributed by atoms with E-state index in [1.54, 1.807) is 42.5 Å². The number of amides is 2. The van der Waals surface area contributed by atoms with Crippen molar-refractivity contribution in [3.05, 3.63) is 81.6 Å². The van der Waals surface area contributed by atoms with Crippen LogP contribution in [0.3, 0.4) is 0 Å². The number of carbonyl (C=O) groups is 2. The maximum Gasteiger partial charge on any atom is 0.252 e. The molecular formula is C22H21BrClN5O2S. The van der Waals surface area contributed by atoms with Crippen LogP contribution in [-0.4, -0.2) is 32.3 Å². The van der Waals surface area contributed by atoms with Crippen molar-refractivity contribution in [2.24, 2.45) is 0 Å². The number of halogens is 2. The Morgan fingerprint density at radius 2 is 2.00 bits per heavy atom. The van der Waals surface area contributed by atoms with Gasteiger partial charge >= 0.3 is 0 Å². The normalized spacial score (nSPS) is 10.6. The Morgan fingerprint density at radius 1 is 1.22 bits per heavy atom. The Morgan fingerprint density at radius 3 is 2.75 bits per heavy atom. The summed E-state index contributed by atoms with van der Waals surface area (Å²) in [5, 5.41) is 15.2. The topological polar surface area (TPSA) is 88.9 Å². The molecule has 3 aromatic rings. The van der Waals surface area contributed by atoms with Crippen LogP contribution in [0.4, 0.5) is 5.69 Å². The summed E-state index contributed by atoms with van der Waals surface area (Å²) >= 11 is 10.7. The van der Waals surface area contributed by atoms with Crippen LogP contribution in [0.2, 0.25) is 5.02 Å². The van der Waals surface area contributed by atoms with Crippen LogP contribution in [0, 0.1) is 6.92 Å². The minimum atomic E-state index is -0.226. The predicted octanol–water partition coefficient (Wildman–Crippen LogP) is 4.85. The molecule has 0 atom stereocenters. The summed E-state index contributed by atoms with van der Waals surface area (Å²) in [4.78, 5) is 24.9. The Bertz CT molecular complexity index is 1150. The Balaban J connectivity index is 1.63. The number of aromatic nitrogens is 3. The van der Waals surface area contributed by atoms with E-state index in [0.717, 1.165) is 5.56 Å². The van der Waals surface area contributed by atoms with Gasteiger partial charge in [0.15, 0.2) is 11.0 Å². The molecule has 2 aromatic carbocycles. The number of hydrogen-bond acceptors (Lipinski definition) is 5. The van der Waals surface area contributed by atoms with Gasteiger partial charge in [-0.15, -0.1) is 16.8 Å². The van der Waals surface area contributed by atoms with Gasteiger partial charge < -0.3 is 15.2 Å². The van der Waals surface area contributed by atoms with Crippen molar-refractivity contribution in [1.29, 1.82) is 0 Å². The zero-order valence-electron chi connectivity index (χ0n) is 17.3. The molecule has 0 unspecified atom stereocenters. The van der Waals surface area contributed by atoms with Gasteiger partial charge in [0.2, 0.25) is 5.91 Å². The lowest BCUT2D eigenvalue weighted by atomic mass is 10.2. The van der Waals surface area contributed by atoms with E-state index in [9.17, 15) is 9.59 Å². The van der Waals surface area contributed by atoms with E-state index in [2.05, 4.69) is 43.3 Å². The first-order valence-corrected chi connectivity index (χ1v) is 11.8. The van der Waals surface area contributed by atoms with Crippen molar-refractivity contribution in [2.75, 3.05) is 11.1 Å². The third kappa shape index (κ3) is 5.99. The van der Waals surface area contributed by atoms with Gasteiger partial charge in [0.25, 0.3) is 5.91 Å². The van der Waals surface area contributed by atoms with Crippen molar-refractivity contribution >= 4 is 56.8 Å². The van der Waals surface area contributed by atoms with Crippen LogP contribution in [0.1, 0.15) is 21.7 Å². The maximum atomic E-state index is 12.5. The minimum Gasteiger partial charge on any atom is -0.345 e. The molecule has 2 N–H and O–H groups in total. The molecule has 0 spiro atoms. The van der Waals surface area contributed by atoms with Gasteiger partial charge in [-0.3, -0.25) is 9.59 Å². The smallest absolute Gasteiger partial charge is 0.252 e. The average molecular weight is 535 g/mol. The van der Waals surface area contributed by atoms with Crippen molar-refractivity contribution < 1.29 is 9.59 Å². The van der Waals surface area contributed by atoms with E-state index in [1.807, 2.05) is 17.6 Å². The standard InChI is InChI=1S/C22H21BrClN5O2S/c1-3-11-29-19(12-25-21(31)15-7-4-5-8-16(15)23)27-28-22(29)32-13-20(30)26-18-10-6-9-17(24)14(18)2/h3-10H,1,11-13H2,2H3,(H,25,31)(H,26,30). The van der Waals surface area contributed by atoms with Crippen LogP contribution in [0.15, 0.2) is 64.7 Å². The molecule has 10 heteroatoms. The zero-order valence-corrected chi connectivity index (χ0v) is 20.4. The molecule has 0 bridgehead atoms. The first kappa shape index (κ1) is 24.0. The molecule has 0 saturated heterocycles. The number of nitrogens with one attached hydrogen (secondary N) is 2. The summed E-state index contributed by atoms with van der Waals surface area (Å²) in [6.07, 6.45) is 1.71. The van der Waals surface area contributed by atoms with Gasteiger partial charge in [-0.2, -0.15) is 0 Å². The summed E-state index contributed by atoms with van der Waals surface area (Å²) in [5.74, 6) is 0.303. The Kier molecular flexibility index (Phi) is 8.49. The largest absolute Gasteiger partial charge is 0.345 e. The van der Waals surface area contributed by atoms with Crippen molar-refractivity contribution in [1.82, 2.24) is 20.1 Å². The highest BCUT2D eigenvalue weighted by molar-refractivity contribution is 9.10. The lowest BCUT2D eigenvalue weighted by Crippen LogP contribution is -2.25. The van der Waals surface area contributed by atoms with Crippen molar-refractivity contribution in [2.45, 2.75) is 25.2 Å². The van der Waals surface area contributed by atoms with E-state index in [4.69, 9.17) is 11.6 Å². The molecule has 1 heterocycles. The number of rotatable bonds is 9. The lowest BCUT2D eigenvalue weighted by Gasteiger charge is -2.10. The third-order valence-corrected chi connectivity index (χ3v) is 6.57. The number of thioether (sulfide) groups is 1. The summed E-state index contributed by atoms with van der Waals surface area (Å²) in [6, 6.07) is 12.5. The molecule has 166 valence electrons. The highest BCUT2D eigenvalue weighted by atomic mass is 79.9. The number of benzene rings is 2. The fraction of sp³-hybridized carbons (Fsp3) is 0.182. The van der Waals surface area contributed by atoms with Crippen molar-refractivity contribution in [3.63, 3.8) is 0 Å². The fourth-order valence-corrected chi connectivity index (χ4v) is 4.23. The van der Waals surface area contributed by atoms with Gasteiger partial charge in [-0.05, 0) is 52.7 Å². The molecule has 2 amide bonds. The number of nitrogens with zero attached hydrogens (tertiary/aromatic N) is 3. The average Bonchev–Trinajstić information content (AvgIpc) is 3.16. The number of hydrogen-bond donors (Lipinski definition) is 2. The predicted molar refractivity (Wildman–Crippen MR) is 131 cm³/mol. The number of carbonyl (C=O) groups excluding carboxylic acids is 2. The molecule has 1 aromatic heterocycles. The molecular weight excluding hydrogens is 514 g/mol. The second-order valence-electron chi connectivity index (χ2n) is 6.71. The molecule has 3 rings (SSSR count). The van der Waals surface area contributed by atoms with E-state index in [0.29, 0.717) is 38.3 Å². The van der Waals surface area contributed by atoms with Gasteiger partial charge in [-0.25, -0.2) is 0 Å². The summed E-state index contributed by atoms with van der Waals surface area (Å²) in [5.41, 5.74) is 2.02. The highest BCUT2D eigenvalue weighted by Gasteiger charge is 2.16. The summed E-state index contributed by atoms with van der Waals surface area (Å²) in [6.45, 7) is 6.26. The Hall–Kier alpha value is -2.62. The SMILES string of the molecule is C=CCn1c(CNC(=O)c2ccccc2Br)nnc1SCC(=O)Nc1cccc(Cl)c1C. The number of anilines is 1. The monoisotopic (exact) mass is 533 g/mol. The molecule has 0 aliphatic carbocycles. The van der Waals surface area contributed by atoms with E-state index in [-0.39, 0.29) is 24.1 Å². The number of allylic oxidation sites excluding steroid dienone is 1. The van der Waals surface area contributed by atoms with Crippen molar-refractivity contribution in [3.8, 4) is 0 Å². The van der Waals surface area contributed by atoms with E-state index < -0.39 is 0 Å². The second-order valence-corrected chi connectivity index (χ2v) is 8.91.